The van der Waals surface area contributed by atoms with Crippen LogP contribution in [0.5, 0.6) is 0 Å². The first kappa shape index (κ1) is 30.8. The SMILES string of the molecule is CC.CCc1ccc([C@]2(C=O)[C@H](CC(C)C)CNC(=O)C[C@@H]2c2ccccc2)c(C)c1.Cl.N.[HH].[HH]. The third kappa shape index (κ3) is 6.68. The van der Waals surface area contributed by atoms with Gasteiger partial charge in [0.25, 0.3) is 0 Å². The van der Waals surface area contributed by atoms with Gasteiger partial charge in [-0.15, -0.1) is 12.4 Å². The van der Waals surface area contributed by atoms with Gasteiger partial charge in [-0.3, -0.25) is 4.79 Å². The molecule has 1 heterocycles. The summed E-state index contributed by atoms with van der Waals surface area (Å²) in [6.45, 7) is 13.2. The predicted molar refractivity (Wildman–Crippen MR) is 146 cm³/mol. The van der Waals surface area contributed by atoms with E-state index < -0.39 is 5.41 Å². The first-order valence-electron chi connectivity index (χ1n) is 11.8. The van der Waals surface area contributed by atoms with Gasteiger partial charge in [0.05, 0.1) is 5.41 Å². The van der Waals surface area contributed by atoms with Gasteiger partial charge < -0.3 is 16.3 Å². The number of hydrogen-bond acceptors (Lipinski definition) is 3. The number of carbonyl (C=O) groups is 2. The molecule has 33 heavy (non-hydrogen) atoms. The first-order valence-corrected chi connectivity index (χ1v) is 11.8. The fourth-order valence-corrected chi connectivity index (χ4v) is 5.12. The number of rotatable bonds is 6. The summed E-state index contributed by atoms with van der Waals surface area (Å²) in [5.74, 6) is 0.321. The molecule has 188 valence electrons. The van der Waals surface area contributed by atoms with Crippen LogP contribution in [-0.4, -0.2) is 18.7 Å². The van der Waals surface area contributed by atoms with E-state index in [1.807, 2.05) is 32.0 Å². The molecule has 1 amide bonds. The average Bonchev–Trinajstić information content (AvgIpc) is 2.92. The summed E-state index contributed by atoms with van der Waals surface area (Å²) in [7, 11) is 0. The fraction of sp³-hybridized carbons (Fsp3) is 0.500. The zero-order valence-corrected chi connectivity index (χ0v) is 22.0. The zero-order chi connectivity index (χ0) is 23.0. The summed E-state index contributed by atoms with van der Waals surface area (Å²) >= 11 is 0. The van der Waals surface area contributed by atoms with E-state index in [2.05, 4.69) is 63.3 Å². The van der Waals surface area contributed by atoms with Crippen molar-refractivity contribution in [3.8, 4) is 0 Å². The summed E-state index contributed by atoms with van der Waals surface area (Å²) in [6, 6.07) is 16.6. The summed E-state index contributed by atoms with van der Waals surface area (Å²) in [5.41, 5.74) is 3.80. The molecule has 0 aliphatic carbocycles. The maximum absolute atomic E-state index is 13.1. The lowest BCUT2D eigenvalue weighted by molar-refractivity contribution is -0.121. The number of hydrogen-bond donors (Lipinski definition) is 2. The third-order valence-corrected chi connectivity index (χ3v) is 6.51. The van der Waals surface area contributed by atoms with Crippen LogP contribution in [0.25, 0.3) is 0 Å². The molecule has 3 atom stereocenters. The Labute approximate surface area is 209 Å². The molecule has 0 radical (unpaired) electrons. The minimum atomic E-state index is -0.735. The second-order valence-corrected chi connectivity index (χ2v) is 8.85. The van der Waals surface area contributed by atoms with Crippen LogP contribution in [0.3, 0.4) is 0 Å². The van der Waals surface area contributed by atoms with Crippen LogP contribution in [0, 0.1) is 18.8 Å². The lowest BCUT2D eigenvalue weighted by Gasteiger charge is -2.43. The molecule has 0 unspecified atom stereocenters. The Kier molecular flexibility index (Phi) is 13.2. The minimum Gasteiger partial charge on any atom is -0.356 e. The molecule has 0 spiro atoms. The number of aryl methyl sites for hydroxylation is 2. The van der Waals surface area contributed by atoms with Crippen LogP contribution in [0.4, 0.5) is 0 Å². The monoisotopic (exact) mass is 478 g/mol. The fourth-order valence-electron chi connectivity index (χ4n) is 5.12. The Morgan fingerprint density at radius 2 is 1.79 bits per heavy atom. The number of carbonyl (C=O) groups excluding carboxylic acids is 2. The average molecular weight is 479 g/mol. The van der Waals surface area contributed by atoms with Gasteiger partial charge in [0.1, 0.15) is 6.29 Å². The quantitative estimate of drug-likeness (QED) is 0.436. The molecule has 0 aromatic heterocycles. The molecule has 4 N–H and O–H groups in total. The van der Waals surface area contributed by atoms with Crippen molar-refractivity contribution < 1.29 is 12.4 Å². The van der Waals surface area contributed by atoms with Crippen molar-refractivity contribution in [2.24, 2.45) is 11.8 Å². The van der Waals surface area contributed by atoms with Crippen LogP contribution in [0.15, 0.2) is 48.5 Å². The molecule has 0 bridgehead atoms. The van der Waals surface area contributed by atoms with Crippen molar-refractivity contribution in [1.82, 2.24) is 11.5 Å². The summed E-state index contributed by atoms with van der Waals surface area (Å²) in [4.78, 5) is 25.8. The van der Waals surface area contributed by atoms with E-state index in [1.165, 1.54) is 5.56 Å². The van der Waals surface area contributed by atoms with Gasteiger partial charge in [0.15, 0.2) is 0 Å². The van der Waals surface area contributed by atoms with Crippen molar-refractivity contribution in [1.29, 1.82) is 0 Å². The highest BCUT2D eigenvalue weighted by Crippen LogP contribution is 2.49. The molecule has 5 heteroatoms. The molecule has 1 aliphatic rings. The summed E-state index contributed by atoms with van der Waals surface area (Å²) < 4.78 is 0. The predicted octanol–water partition coefficient (Wildman–Crippen LogP) is 7.06. The van der Waals surface area contributed by atoms with Gasteiger partial charge in [0.2, 0.25) is 5.91 Å². The van der Waals surface area contributed by atoms with E-state index in [4.69, 9.17) is 0 Å². The number of aldehydes is 1. The molecular weight excluding hydrogens is 432 g/mol. The van der Waals surface area contributed by atoms with E-state index in [0.29, 0.717) is 18.9 Å². The van der Waals surface area contributed by atoms with E-state index in [1.54, 1.807) is 0 Å². The smallest absolute Gasteiger partial charge is 0.220 e. The van der Waals surface area contributed by atoms with Gasteiger partial charge in [-0.2, -0.15) is 0 Å². The Bertz CT molecular complexity index is 881. The second kappa shape index (κ2) is 14.2. The summed E-state index contributed by atoms with van der Waals surface area (Å²) in [6.07, 6.45) is 3.34. The van der Waals surface area contributed by atoms with Crippen LogP contribution in [0.2, 0.25) is 0 Å². The van der Waals surface area contributed by atoms with Gasteiger partial charge in [0, 0.05) is 21.7 Å². The van der Waals surface area contributed by atoms with Crippen molar-refractivity contribution in [3.63, 3.8) is 0 Å². The Balaban J connectivity index is -0.00000166. The third-order valence-electron chi connectivity index (χ3n) is 6.51. The van der Waals surface area contributed by atoms with E-state index >= 15 is 0 Å². The number of benzene rings is 2. The highest BCUT2D eigenvalue weighted by molar-refractivity contribution is 5.85. The maximum atomic E-state index is 13.1. The molecular formula is C28H47ClN2O2. The van der Waals surface area contributed by atoms with Crippen LogP contribution in [-0.2, 0) is 21.4 Å². The molecule has 2 aromatic rings. The molecule has 1 saturated heterocycles. The Morgan fingerprint density at radius 1 is 1.15 bits per heavy atom. The molecule has 1 aliphatic heterocycles. The van der Waals surface area contributed by atoms with E-state index in [-0.39, 0.29) is 39.2 Å². The topological polar surface area (TPSA) is 81.2 Å². The normalized spacial score (nSPS) is 22.0. The Morgan fingerprint density at radius 3 is 2.30 bits per heavy atom. The number of nitrogens with one attached hydrogen (secondary N) is 1. The van der Waals surface area contributed by atoms with Gasteiger partial charge >= 0.3 is 0 Å². The lowest BCUT2D eigenvalue weighted by Crippen LogP contribution is -2.45. The largest absolute Gasteiger partial charge is 0.356 e. The van der Waals surface area contributed by atoms with Crippen molar-refractivity contribution in [2.75, 3.05) is 6.54 Å². The van der Waals surface area contributed by atoms with Gasteiger partial charge in [-0.05, 0) is 53.9 Å². The lowest BCUT2D eigenvalue weighted by atomic mass is 9.58. The van der Waals surface area contributed by atoms with Crippen LogP contribution < -0.4 is 11.5 Å². The van der Waals surface area contributed by atoms with Crippen LogP contribution >= 0.6 is 12.4 Å². The molecule has 3 rings (SSSR count). The van der Waals surface area contributed by atoms with Crippen molar-refractivity contribution >= 4 is 24.6 Å². The first-order chi connectivity index (χ1) is 14.9. The standard InChI is InChI=1S/C26H33NO2.C2H6.ClH.H3N.2H2/c1-5-20-11-12-23(19(4)14-20)26(17-28)22(13-18(2)3)16-27-25(29)15-24(26)21-9-7-6-8-10-21;1-2;;;;/h6-12,14,17-18,22,24H,5,13,15-16H2,1-4H3,(H,27,29);1-2H3;1H;1H3;2*1H/t22-,24-,26+;;;;;/m1...../s1. The van der Waals surface area contributed by atoms with Crippen LogP contribution in [0.1, 0.15) is 78.5 Å². The number of halogens is 1. The van der Waals surface area contributed by atoms with E-state index in [0.717, 1.165) is 35.8 Å². The zero-order valence-electron chi connectivity index (χ0n) is 21.2. The van der Waals surface area contributed by atoms with Gasteiger partial charge in [-0.25, -0.2) is 0 Å². The van der Waals surface area contributed by atoms with Crippen molar-refractivity contribution in [3.05, 3.63) is 70.8 Å². The minimum absolute atomic E-state index is 0. The Hall–Kier alpha value is -2.17. The van der Waals surface area contributed by atoms with Crippen molar-refractivity contribution in [2.45, 2.75) is 72.1 Å². The maximum Gasteiger partial charge on any atom is 0.220 e. The van der Waals surface area contributed by atoms with E-state index in [9.17, 15) is 9.59 Å². The molecule has 1 fully saturated rings. The number of amides is 1. The highest BCUT2D eigenvalue weighted by atomic mass is 35.5. The molecule has 2 aromatic carbocycles. The molecule has 4 nitrogen and oxygen atoms in total. The molecule has 0 saturated carbocycles. The second-order valence-electron chi connectivity index (χ2n) is 8.85. The summed E-state index contributed by atoms with van der Waals surface area (Å²) in [5, 5.41) is 3.10. The van der Waals surface area contributed by atoms with Gasteiger partial charge in [-0.1, -0.05) is 83.1 Å². The highest BCUT2D eigenvalue weighted by Gasteiger charge is 2.50.